The highest BCUT2D eigenvalue weighted by Gasteiger charge is 2.04. The van der Waals surface area contributed by atoms with E-state index in [4.69, 9.17) is 0 Å². The van der Waals surface area contributed by atoms with Crippen molar-refractivity contribution in [3.63, 3.8) is 0 Å². The molecule has 0 spiro atoms. The topological polar surface area (TPSA) is 12.4 Å². The molecule has 0 aromatic rings. The van der Waals surface area contributed by atoms with Crippen LogP contribution in [0.15, 0.2) is 30.3 Å². The van der Waals surface area contributed by atoms with Crippen LogP contribution in [0.5, 0.6) is 0 Å². The van der Waals surface area contributed by atoms with E-state index in [1.54, 1.807) is 0 Å². The van der Waals surface area contributed by atoms with E-state index in [0.717, 1.165) is 18.7 Å². The third-order valence-electron chi connectivity index (χ3n) is 2.54. The standard InChI is InChI=1S/C14H25N/c1-5-8-9-10-12-15-14(7-3)13(4)11-6-2/h6-7,13H,2-3,5,8-12H2,1,4H3. The summed E-state index contributed by atoms with van der Waals surface area (Å²) < 4.78 is 0. The zero-order valence-corrected chi connectivity index (χ0v) is 10.3. The van der Waals surface area contributed by atoms with Gasteiger partial charge >= 0.3 is 0 Å². The molecule has 15 heavy (non-hydrogen) atoms. The van der Waals surface area contributed by atoms with E-state index in [9.17, 15) is 0 Å². The molecular weight excluding hydrogens is 182 g/mol. The summed E-state index contributed by atoms with van der Waals surface area (Å²) in [5.74, 6) is 0.464. The van der Waals surface area contributed by atoms with Gasteiger partial charge < -0.3 is 0 Å². The van der Waals surface area contributed by atoms with Crippen molar-refractivity contribution < 1.29 is 0 Å². The first-order valence-electron chi connectivity index (χ1n) is 6.03. The van der Waals surface area contributed by atoms with Crippen LogP contribution in [0.2, 0.25) is 0 Å². The maximum Gasteiger partial charge on any atom is 0.0392 e. The largest absolute Gasteiger partial charge is 0.290 e. The van der Waals surface area contributed by atoms with Crippen LogP contribution in [0.1, 0.15) is 46.0 Å². The molecule has 0 radical (unpaired) electrons. The summed E-state index contributed by atoms with van der Waals surface area (Å²) in [5.41, 5.74) is 1.13. The Hall–Kier alpha value is -0.850. The van der Waals surface area contributed by atoms with Crippen LogP contribution >= 0.6 is 0 Å². The number of hydrogen-bond donors (Lipinski definition) is 0. The first kappa shape index (κ1) is 14.2. The molecule has 1 atom stereocenters. The maximum absolute atomic E-state index is 4.58. The molecule has 0 N–H and O–H groups in total. The summed E-state index contributed by atoms with van der Waals surface area (Å²) in [5, 5.41) is 0. The molecule has 0 aliphatic heterocycles. The first-order chi connectivity index (χ1) is 7.26. The molecule has 0 aliphatic carbocycles. The molecule has 0 aromatic carbocycles. The number of aliphatic imine (C=N–C) groups is 1. The third kappa shape index (κ3) is 7.12. The van der Waals surface area contributed by atoms with Crippen molar-refractivity contribution in [3.8, 4) is 0 Å². The Morgan fingerprint density at radius 3 is 2.53 bits per heavy atom. The molecular formula is C14H25N. The zero-order chi connectivity index (χ0) is 11.5. The molecule has 1 nitrogen and oxygen atoms in total. The van der Waals surface area contributed by atoms with Gasteiger partial charge in [0, 0.05) is 18.2 Å². The molecule has 0 fully saturated rings. The Morgan fingerprint density at radius 2 is 2.00 bits per heavy atom. The minimum atomic E-state index is 0.464. The van der Waals surface area contributed by atoms with Crippen molar-refractivity contribution in [2.75, 3.05) is 6.54 Å². The fourth-order valence-electron chi connectivity index (χ4n) is 1.54. The number of allylic oxidation sites excluding steroid dienone is 2. The molecule has 0 amide bonds. The lowest BCUT2D eigenvalue weighted by atomic mass is 10.0. The van der Waals surface area contributed by atoms with Crippen molar-refractivity contribution >= 4 is 5.71 Å². The second kappa shape index (κ2) is 9.70. The van der Waals surface area contributed by atoms with E-state index in [0.29, 0.717) is 5.92 Å². The van der Waals surface area contributed by atoms with Gasteiger partial charge in [-0.05, 0) is 18.9 Å². The van der Waals surface area contributed by atoms with Gasteiger partial charge in [-0.2, -0.15) is 0 Å². The fraction of sp³-hybridized carbons (Fsp3) is 0.643. The first-order valence-corrected chi connectivity index (χ1v) is 6.03. The quantitative estimate of drug-likeness (QED) is 0.302. The molecule has 86 valence electrons. The van der Waals surface area contributed by atoms with E-state index < -0.39 is 0 Å². The summed E-state index contributed by atoms with van der Waals surface area (Å²) in [7, 11) is 0. The lowest BCUT2D eigenvalue weighted by Gasteiger charge is -2.08. The summed E-state index contributed by atoms with van der Waals surface area (Å²) in [6.07, 6.45) is 9.91. The van der Waals surface area contributed by atoms with Gasteiger partial charge in [-0.1, -0.05) is 45.8 Å². The Kier molecular flexibility index (Phi) is 9.15. The molecule has 1 heteroatoms. The number of rotatable bonds is 9. The second-order valence-electron chi connectivity index (χ2n) is 4.00. The second-order valence-corrected chi connectivity index (χ2v) is 4.00. The van der Waals surface area contributed by atoms with Gasteiger partial charge in [0.25, 0.3) is 0 Å². The fourth-order valence-corrected chi connectivity index (χ4v) is 1.54. The predicted octanol–water partition coefficient (Wildman–Crippen LogP) is 4.41. The highest BCUT2D eigenvalue weighted by Crippen LogP contribution is 2.07. The van der Waals surface area contributed by atoms with E-state index in [1.165, 1.54) is 25.7 Å². The number of nitrogens with zero attached hydrogens (tertiary/aromatic N) is 1. The SMILES string of the molecule is C=CCC(C)C(C=C)=NCCCCCC. The predicted molar refractivity (Wildman–Crippen MR) is 70.6 cm³/mol. The molecule has 0 aliphatic rings. The van der Waals surface area contributed by atoms with E-state index in [-0.39, 0.29) is 0 Å². The van der Waals surface area contributed by atoms with Gasteiger partial charge in [0.05, 0.1) is 0 Å². The lowest BCUT2D eigenvalue weighted by molar-refractivity contribution is 0.671. The Labute approximate surface area is 95.0 Å². The summed E-state index contributed by atoms with van der Waals surface area (Å²) >= 11 is 0. The van der Waals surface area contributed by atoms with Gasteiger partial charge in [-0.3, -0.25) is 4.99 Å². The molecule has 0 saturated heterocycles. The van der Waals surface area contributed by atoms with Crippen LogP contribution in [-0.4, -0.2) is 12.3 Å². The smallest absolute Gasteiger partial charge is 0.0392 e. The van der Waals surface area contributed by atoms with Crippen LogP contribution < -0.4 is 0 Å². The molecule has 0 rings (SSSR count). The molecule has 1 unspecified atom stereocenters. The molecule has 0 aromatic heterocycles. The summed E-state index contributed by atoms with van der Waals surface area (Å²) in [6, 6.07) is 0. The van der Waals surface area contributed by atoms with E-state index in [1.807, 2.05) is 12.2 Å². The van der Waals surface area contributed by atoms with Gasteiger partial charge in [0.1, 0.15) is 0 Å². The summed E-state index contributed by atoms with van der Waals surface area (Å²) in [4.78, 5) is 4.58. The van der Waals surface area contributed by atoms with Crippen molar-refractivity contribution in [3.05, 3.63) is 25.3 Å². The Balaban J connectivity index is 3.88. The zero-order valence-electron chi connectivity index (χ0n) is 10.3. The van der Waals surface area contributed by atoms with Crippen molar-refractivity contribution in [1.82, 2.24) is 0 Å². The normalized spacial score (nSPS) is 13.6. The minimum Gasteiger partial charge on any atom is -0.290 e. The Morgan fingerprint density at radius 1 is 1.27 bits per heavy atom. The van der Waals surface area contributed by atoms with Gasteiger partial charge in [-0.15, -0.1) is 6.58 Å². The van der Waals surface area contributed by atoms with Crippen molar-refractivity contribution in [1.29, 1.82) is 0 Å². The van der Waals surface area contributed by atoms with E-state index >= 15 is 0 Å². The number of unbranched alkanes of at least 4 members (excludes halogenated alkanes) is 3. The van der Waals surface area contributed by atoms with Crippen LogP contribution in [0.25, 0.3) is 0 Å². The minimum absolute atomic E-state index is 0.464. The van der Waals surface area contributed by atoms with Crippen LogP contribution in [0, 0.1) is 5.92 Å². The molecule has 0 heterocycles. The molecule has 0 bridgehead atoms. The maximum atomic E-state index is 4.58. The number of hydrogen-bond acceptors (Lipinski definition) is 1. The molecule has 0 saturated carbocycles. The van der Waals surface area contributed by atoms with Gasteiger partial charge in [0.15, 0.2) is 0 Å². The van der Waals surface area contributed by atoms with Crippen molar-refractivity contribution in [2.24, 2.45) is 10.9 Å². The van der Waals surface area contributed by atoms with Gasteiger partial charge in [0.2, 0.25) is 0 Å². The summed E-state index contributed by atoms with van der Waals surface area (Å²) in [6.45, 7) is 12.9. The van der Waals surface area contributed by atoms with Gasteiger partial charge in [-0.25, -0.2) is 0 Å². The van der Waals surface area contributed by atoms with Crippen LogP contribution in [0.3, 0.4) is 0 Å². The van der Waals surface area contributed by atoms with Crippen molar-refractivity contribution in [2.45, 2.75) is 46.0 Å². The lowest BCUT2D eigenvalue weighted by Crippen LogP contribution is -2.08. The highest BCUT2D eigenvalue weighted by atomic mass is 14.7. The average molecular weight is 207 g/mol. The highest BCUT2D eigenvalue weighted by molar-refractivity contribution is 5.96. The third-order valence-corrected chi connectivity index (χ3v) is 2.54. The average Bonchev–Trinajstić information content (AvgIpc) is 2.23. The van der Waals surface area contributed by atoms with Crippen LogP contribution in [-0.2, 0) is 0 Å². The monoisotopic (exact) mass is 207 g/mol. The van der Waals surface area contributed by atoms with E-state index in [2.05, 4.69) is 32.0 Å². The van der Waals surface area contributed by atoms with Crippen LogP contribution in [0.4, 0.5) is 0 Å². The Bertz CT molecular complexity index is 203.